The molecule has 1 fully saturated rings. The Balaban J connectivity index is 1.32. The molecular weight excluding hydrogens is 386 g/mol. The molecule has 2 aliphatic heterocycles. The fraction of sp³-hybridized carbons (Fsp3) is 0.333. The first kappa shape index (κ1) is 19.7. The molecule has 1 saturated heterocycles. The molecule has 156 valence electrons. The number of carbonyl (C=O) groups is 3. The van der Waals surface area contributed by atoms with Gasteiger partial charge in [0.15, 0.2) is 5.76 Å². The SMILES string of the molecule is Cc1ccc(N2NC(C(=O)NC3CCN(C(=O)c4ccco4)CC3)=NCC2=O)cc1. The average molecular weight is 409 g/mol. The summed E-state index contributed by atoms with van der Waals surface area (Å²) in [6.07, 6.45) is 2.74. The zero-order valence-corrected chi connectivity index (χ0v) is 16.6. The number of aliphatic imine (C=N–C) groups is 1. The van der Waals surface area contributed by atoms with Crippen LogP contribution in [0.5, 0.6) is 0 Å². The molecule has 1 aromatic heterocycles. The van der Waals surface area contributed by atoms with E-state index in [-0.39, 0.29) is 36.1 Å². The molecule has 1 aromatic carbocycles. The largest absolute Gasteiger partial charge is 0.459 e. The van der Waals surface area contributed by atoms with Crippen molar-refractivity contribution < 1.29 is 18.8 Å². The Morgan fingerprint density at radius 1 is 1.17 bits per heavy atom. The van der Waals surface area contributed by atoms with Gasteiger partial charge in [0.2, 0.25) is 5.84 Å². The van der Waals surface area contributed by atoms with E-state index in [1.165, 1.54) is 11.3 Å². The lowest BCUT2D eigenvalue weighted by molar-refractivity contribution is -0.118. The Labute approximate surface area is 173 Å². The van der Waals surface area contributed by atoms with Crippen LogP contribution in [0, 0.1) is 6.92 Å². The van der Waals surface area contributed by atoms with Gasteiger partial charge in [-0.05, 0) is 44.0 Å². The van der Waals surface area contributed by atoms with Crippen LogP contribution in [0.4, 0.5) is 5.69 Å². The minimum Gasteiger partial charge on any atom is -0.459 e. The molecule has 0 atom stereocenters. The molecule has 2 aromatic rings. The molecule has 0 saturated carbocycles. The molecule has 9 heteroatoms. The monoisotopic (exact) mass is 409 g/mol. The standard InChI is InChI=1S/C21H23N5O4/c1-14-4-6-16(7-5-14)26-18(27)13-22-19(24-26)20(28)23-15-8-10-25(11-9-15)21(29)17-3-2-12-30-17/h2-7,12,15H,8-11,13H2,1H3,(H,22,24)(H,23,28). The molecule has 4 rings (SSSR count). The van der Waals surface area contributed by atoms with Gasteiger partial charge in [-0.2, -0.15) is 0 Å². The molecule has 0 spiro atoms. The van der Waals surface area contributed by atoms with Gasteiger partial charge < -0.3 is 14.6 Å². The number of amidine groups is 1. The first-order valence-electron chi connectivity index (χ1n) is 9.85. The van der Waals surface area contributed by atoms with Crippen LogP contribution >= 0.6 is 0 Å². The quantitative estimate of drug-likeness (QED) is 0.791. The van der Waals surface area contributed by atoms with Crippen LogP contribution in [0.3, 0.4) is 0 Å². The summed E-state index contributed by atoms with van der Waals surface area (Å²) in [6.45, 7) is 2.92. The third kappa shape index (κ3) is 4.19. The van der Waals surface area contributed by atoms with Gasteiger partial charge in [0.25, 0.3) is 17.7 Å². The van der Waals surface area contributed by atoms with Crippen molar-refractivity contribution in [2.75, 3.05) is 24.6 Å². The Morgan fingerprint density at radius 3 is 2.57 bits per heavy atom. The second-order valence-corrected chi connectivity index (χ2v) is 7.36. The summed E-state index contributed by atoms with van der Waals surface area (Å²) in [5.41, 5.74) is 4.54. The highest BCUT2D eigenvalue weighted by atomic mass is 16.3. The average Bonchev–Trinajstić information content (AvgIpc) is 3.30. The lowest BCUT2D eigenvalue weighted by atomic mass is 10.0. The summed E-state index contributed by atoms with van der Waals surface area (Å²) in [5, 5.41) is 4.29. The second-order valence-electron chi connectivity index (χ2n) is 7.36. The van der Waals surface area contributed by atoms with Crippen molar-refractivity contribution in [2.24, 2.45) is 4.99 Å². The number of amides is 3. The first-order valence-corrected chi connectivity index (χ1v) is 9.85. The van der Waals surface area contributed by atoms with Gasteiger partial charge in [-0.25, -0.2) is 5.01 Å². The summed E-state index contributed by atoms with van der Waals surface area (Å²) < 4.78 is 5.16. The van der Waals surface area contributed by atoms with Crippen LogP contribution < -0.4 is 15.8 Å². The fourth-order valence-electron chi connectivity index (χ4n) is 3.48. The number of nitrogens with one attached hydrogen (secondary N) is 2. The summed E-state index contributed by atoms with van der Waals surface area (Å²) in [5.74, 6) is -0.325. The van der Waals surface area contributed by atoms with E-state index in [1.807, 2.05) is 31.2 Å². The van der Waals surface area contributed by atoms with Crippen molar-refractivity contribution in [3.05, 3.63) is 54.0 Å². The summed E-state index contributed by atoms with van der Waals surface area (Å²) in [7, 11) is 0. The van der Waals surface area contributed by atoms with Gasteiger partial charge in [0.1, 0.15) is 6.54 Å². The van der Waals surface area contributed by atoms with Crippen molar-refractivity contribution in [2.45, 2.75) is 25.8 Å². The number of rotatable bonds is 4. The second kappa shape index (κ2) is 8.40. The highest BCUT2D eigenvalue weighted by molar-refractivity contribution is 6.39. The van der Waals surface area contributed by atoms with Crippen LogP contribution in [-0.2, 0) is 9.59 Å². The maximum atomic E-state index is 12.7. The van der Waals surface area contributed by atoms with Gasteiger partial charge in [-0.3, -0.25) is 24.8 Å². The lowest BCUT2D eigenvalue weighted by Crippen LogP contribution is -2.57. The number of aryl methyl sites for hydroxylation is 1. The van der Waals surface area contributed by atoms with E-state index >= 15 is 0 Å². The van der Waals surface area contributed by atoms with E-state index in [1.54, 1.807) is 17.0 Å². The van der Waals surface area contributed by atoms with Gasteiger partial charge >= 0.3 is 0 Å². The van der Waals surface area contributed by atoms with Crippen LogP contribution in [0.2, 0.25) is 0 Å². The number of piperidine rings is 1. The van der Waals surface area contributed by atoms with Crippen LogP contribution in [0.25, 0.3) is 0 Å². The predicted molar refractivity (Wildman–Crippen MR) is 110 cm³/mol. The van der Waals surface area contributed by atoms with E-state index in [9.17, 15) is 14.4 Å². The number of anilines is 1. The van der Waals surface area contributed by atoms with E-state index < -0.39 is 0 Å². The molecule has 3 amide bonds. The molecule has 3 heterocycles. The minimum atomic E-state index is -0.365. The van der Waals surface area contributed by atoms with Crippen molar-refractivity contribution in [1.29, 1.82) is 0 Å². The van der Waals surface area contributed by atoms with Crippen LogP contribution in [0.15, 0.2) is 52.1 Å². The summed E-state index contributed by atoms with van der Waals surface area (Å²) in [6, 6.07) is 10.7. The zero-order chi connectivity index (χ0) is 21.1. The molecule has 0 bridgehead atoms. The number of hydrazine groups is 1. The molecule has 30 heavy (non-hydrogen) atoms. The normalized spacial score (nSPS) is 17.4. The number of hydrogen-bond donors (Lipinski definition) is 2. The van der Waals surface area contributed by atoms with Crippen molar-refractivity contribution in [3.63, 3.8) is 0 Å². The highest BCUT2D eigenvalue weighted by Gasteiger charge is 2.29. The van der Waals surface area contributed by atoms with Crippen LogP contribution in [-0.4, -0.2) is 54.1 Å². The summed E-state index contributed by atoms with van der Waals surface area (Å²) >= 11 is 0. The maximum absolute atomic E-state index is 12.7. The summed E-state index contributed by atoms with van der Waals surface area (Å²) in [4.78, 5) is 43.0. The van der Waals surface area contributed by atoms with Gasteiger partial charge in [-0.1, -0.05) is 17.7 Å². The number of likely N-dealkylation sites (tertiary alicyclic amines) is 1. The smallest absolute Gasteiger partial charge is 0.289 e. The Hall–Kier alpha value is -3.62. The van der Waals surface area contributed by atoms with Gasteiger partial charge in [0, 0.05) is 19.1 Å². The third-order valence-electron chi connectivity index (χ3n) is 5.20. The van der Waals surface area contributed by atoms with E-state index in [2.05, 4.69) is 15.7 Å². The van der Waals surface area contributed by atoms with Gasteiger partial charge in [0.05, 0.1) is 12.0 Å². The lowest BCUT2D eigenvalue weighted by Gasteiger charge is -2.33. The van der Waals surface area contributed by atoms with E-state index in [4.69, 9.17) is 4.42 Å². The number of furan rings is 1. The number of carbonyl (C=O) groups excluding carboxylic acids is 3. The van der Waals surface area contributed by atoms with Crippen molar-refractivity contribution in [3.8, 4) is 0 Å². The molecule has 0 radical (unpaired) electrons. The van der Waals surface area contributed by atoms with E-state index in [0.717, 1.165) is 5.56 Å². The molecule has 2 N–H and O–H groups in total. The number of hydrogen-bond acceptors (Lipinski definition) is 6. The molecule has 2 aliphatic rings. The molecular formula is C21H23N5O4. The molecule has 0 unspecified atom stereocenters. The third-order valence-corrected chi connectivity index (χ3v) is 5.20. The number of nitrogens with zero attached hydrogens (tertiary/aromatic N) is 3. The predicted octanol–water partition coefficient (Wildman–Crippen LogP) is 1.26. The molecule has 9 nitrogen and oxygen atoms in total. The topological polar surface area (TPSA) is 107 Å². The first-order chi connectivity index (χ1) is 14.5. The van der Waals surface area contributed by atoms with Crippen molar-refractivity contribution >= 4 is 29.2 Å². The Morgan fingerprint density at radius 2 is 1.90 bits per heavy atom. The zero-order valence-electron chi connectivity index (χ0n) is 16.6. The minimum absolute atomic E-state index is 0.0758. The highest BCUT2D eigenvalue weighted by Crippen LogP contribution is 2.16. The molecule has 0 aliphatic carbocycles. The fourth-order valence-corrected chi connectivity index (χ4v) is 3.48. The Bertz CT molecular complexity index is 960. The van der Waals surface area contributed by atoms with Crippen LogP contribution in [0.1, 0.15) is 29.0 Å². The van der Waals surface area contributed by atoms with Gasteiger partial charge in [-0.15, -0.1) is 0 Å². The number of benzene rings is 1. The van der Waals surface area contributed by atoms with Crippen molar-refractivity contribution in [1.82, 2.24) is 15.6 Å². The van der Waals surface area contributed by atoms with E-state index in [0.29, 0.717) is 37.4 Å². The maximum Gasteiger partial charge on any atom is 0.289 e. The Kier molecular flexibility index (Phi) is 5.51.